The predicted molar refractivity (Wildman–Crippen MR) is 41.5 cm³/mol. The molecule has 0 spiro atoms. The van der Waals surface area contributed by atoms with Gasteiger partial charge in [0.2, 0.25) is 0 Å². The molecule has 0 N–H and O–H groups in total. The summed E-state index contributed by atoms with van der Waals surface area (Å²) in [6, 6.07) is 0. The molecule has 1 rings (SSSR count). The summed E-state index contributed by atoms with van der Waals surface area (Å²) in [7, 11) is 0. The molecule has 0 amide bonds. The van der Waals surface area contributed by atoms with Gasteiger partial charge in [-0.2, -0.15) is 8.78 Å². The minimum atomic E-state index is -1.52. The van der Waals surface area contributed by atoms with Crippen molar-refractivity contribution >= 4 is 0 Å². The van der Waals surface area contributed by atoms with Crippen molar-refractivity contribution in [2.75, 3.05) is 0 Å². The fourth-order valence-corrected chi connectivity index (χ4v) is 1.68. The second-order valence-electron chi connectivity index (χ2n) is 3.23. The Morgan fingerprint density at radius 2 is 1.82 bits per heavy atom. The highest BCUT2D eigenvalue weighted by Gasteiger charge is 2.11. The van der Waals surface area contributed by atoms with E-state index in [1.807, 2.05) is 0 Å². The first-order valence-corrected chi connectivity index (χ1v) is 4.30. The van der Waals surface area contributed by atoms with E-state index in [9.17, 15) is 8.78 Å². The molecular formula is C9H14F2. The molecule has 64 valence electrons. The Hall–Kier alpha value is -0.400. The van der Waals surface area contributed by atoms with E-state index in [2.05, 4.69) is 0 Å². The molecule has 0 saturated heterocycles. The van der Waals surface area contributed by atoms with Gasteiger partial charge in [0.25, 0.3) is 6.08 Å². The third kappa shape index (κ3) is 3.49. The Bertz CT molecular complexity index is 130. The van der Waals surface area contributed by atoms with Crippen molar-refractivity contribution in [2.45, 2.75) is 38.5 Å². The van der Waals surface area contributed by atoms with Gasteiger partial charge in [0.15, 0.2) is 0 Å². The molecule has 0 bridgehead atoms. The van der Waals surface area contributed by atoms with Crippen LogP contribution in [0, 0.1) is 5.92 Å². The van der Waals surface area contributed by atoms with Crippen molar-refractivity contribution in [3.8, 4) is 0 Å². The van der Waals surface area contributed by atoms with Gasteiger partial charge >= 0.3 is 0 Å². The monoisotopic (exact) mass is 160 g/mol. The van der Waals surface area contributed by atoms with E-state index in [0.717, 1.165) is 18.9 Å². The van der Waals surface area contributed by atoms with E-state index in [-0.39, 0.29) is 0 Å². The number of rotatable bonds is 2. The average Bonchev–Trinajstić information content (AvgIpc) is 2.03. The van der Waals surface area contributed by atoms with Gasteiger partial charge < -0.3 is 0 Å². The normalized spacial score (nSPS) is 19.8. The Balaban J connectivity index is 2.19. The van der Waals surface area contributed by atoms with Gasteiger partial charge in [-0.25, -0.2) is 0 Å². The van der Waals surface area contributed by atoms with Crippen LogP contribution in [0.3, 0.4) is 0 Å². The number of halogens is 2. The first-order valence-electron chi connectivity index (χ1n) is 4.30. The molecule has 0 nitrogen and oxygen atoms in total. The Labute approximate surface area is 66.3 Å². The zero-order valence-electron chi connectivity index (χ0n) is 6.65. The fourth-order valence-electron chi connectivity index (χ4n) is 1.68. The number of allylic oxidation sites excluding steroid dienone is 1. The maximum absolute atomic E-state index is 11.7. The molecule has 1 aliphatic rings. The molecule has 1 fully saturated rings. The molecule has 0 atom stereocenters. The third-order valence-electron chi connectivity index (χ3n) is 2.33. The van der Waals surface area contributed by atoms with E-state index in [0.29, 0.717) is 12.3 Å². The van der Waals surface area contributed by atoms with Crippen LogP contribution in [-0.4, -0.2) is 0 Å². The maximum Gasteiger partial charge on any atom is 0.266 e. The Kier molecular flexibility index (Phi) is 3.53. The summed E-state index contributed by atoms with van der Waals surface area (Å²) >= 11 is 0. The first-order chi connectivity index (χ1) is 5.29. The summed E-state index contributed by atoms with van der Waals surface area (Å²) in [4.78, 5) is 0. The van der Waals surface area contributed by atoms with Gasteiger partial charge in [-0.3, -0.25) is 0 Å². The van der Waals surface area contributed by atoms with Crippen molar-refractivity contribution < 1.29 is 8.78 Å². The van der Waals surface area contributed by atoms with E-state index in [4.69, 9.17) is 0 Å². The summed E-state index contributed by atoms with van der Waals surface area (Å²) in [5.41, 5.74) is 0. The van der Waals surface area contributed by atoms with Crippen molar-refractivity contribution in [3.63, 3.8) is 0 Å². The van der Waals surface area contributed by atoms with Gasteiger partial charge in [-0.05, 0) is 18.4 Å². The SMILES string of the molecule is FC(F)=CCC1CCCCC1. The number of hydrogen-bond acceptors (Lipinski definition) is 0. The van der Waals surface area contributed by atoms with Crippen LogP contribution in [0.5, 0.6) is 0 Å². The van der Waals surface area contributed by atoms with Crippen molar-refractivity contribution in [1.29, 1.82) is 0 Å². The Morgan fingerprint density at radius 1 is 1.18 bits per heavy atom. The summed E-state index contributed by atoms with van der Waals surface area (Å²) in [5.74, 6) is 0.533. The minimum Gasteiger partial charge on any atom is -0.174 e. The minimum absolute atomic E-state index is 0.533. The molecule has 2 heteroatoms. The van der Waals surface area contributed by atoms with Crippen LogP contribution in [0.25, 0.3) is 0 Å². The van der Waals surface area contributed by atoms with Crippen molar-refractivity contribution in [3.05, 3.63) is 12.2 Å². The molecule has 0 aliphatic heterocycles. The quantitative estimate of drug-likeness (QED) is 0.577. The predicted octanol–water partition coefficient (Wildman–Crippen LogP) is 3.74. The van der Waals surface area contributed by atoms with Gasteiger partial charge in [0, 0.05) is 0 Å². The molecule has 0 heterocycles. The van der Waals surface area contributed by atoms with E-state index >= 15 is 0 Å². The first kappa shape index (κ1) is 8.69. The van der Waals surface area contributed by atoms with E-state index < -0.39 is 6.08 Å². The molecular weight excluding hydrogens is 146 g/mol. The summed E-state index contributed by atoms with van der Waals surface area (Å²) in [5, 5.41) is 0. The molecule has 1 saturated carbocycles. The number of hydrogen-bond donors (Lipinski definition) is 0. The highest BCUT2D eigenvalue weighted by atomic mass is 19.3. The van der Waals surface area contributed by atoms with Crippen LogP contribution in [-0.2, 0) is 0 Å². The van der Waals surface area contributed by atoms with E-state index in [1.54, 1.807) is 0 Å². The standard InChI is InChI=1S/C9H14F2/c10-9(11)7-6-8-4-2-1-3-5-8/h7-8H,1-6H2. The highest BCUT2D eigenvalue weighted by Crippen LogP contribution is 2.26. The molecule has 0 aromatic carbocycles. The summed E-state index contributed by atoms with van der Waals surface area (Å²) < 4.78 is 23.3. The van der Waals surface area contributed by atoms with Gasteiger partial charge in [-0.15, -0.1) is 0 Å². The molecule has 0 radical (unpaired) electrons. The van der Waals surface area contributed by atoms with Crippen molar-refractivity contribution in [2.24, 2.45) is 5.92 Å². The van der Waals surface area contributed by atoms with Gasteiger partial charge in [-0.1, -0.05) is 32.1 Å². The largest absolute Gasteiger partial charge is 0.266 e. The second-order valence-corrected chi connectivity index (χ2v) is 3.23. The van der Waals surface area contributed by atoms with Gasteiger partial charge in [0.1, 0.15) is 0 Å². The topological polar surface area (TPSA) is 0 Å². The molecule has 1 aliphatic carbocycles. The lowest BCUT2D eigenvalue weighted by atomic mass is 9.87. The van der Waals surface area contributed by atoms with Crippen molar-refractivity contribution in [1.82, 2.24) is 0 Å². The van der Waals surface area contributed by atoms with Gasteiger partial charge in [0.05, 0.1) is 0 Å². The maximum atomic E-state index is 11.7. The summed E-state index contributed by atoms with van der Waals surface area (Å²) in [6.07, 6.45) is 6.17. The lowest BCUT2D eigenvalue weighted by Gasteiger charge is -2.19. The fraction of sp³-hybridized carbons (Fsp3) is 0.778. The Morgan fingerprint density at radius 3 is 2.36 bits per heavy atom. The lowest BCUT2D eigenvalue weighted by Crippen LogP contribution is -2.04. The van der Waals surface area contributed by atoms with Crippen LogP contribution >= 0.6 is 0 Å². The average molecular weight is 160 g/mol. The zero-order valence-corrected chi connectivity index (χ0v) is 6.65. The molecule has 0 aromatic heterocycles. The highest BCUT2D eigenvalue weighted by molar-refractivity contribution is 4.84. The zero-order chi connectivity index (χ0) is 8.10. The second kappa shape index (κ2) is 4.47. The van der Waals surface area contributed by atoms with E-state index in [1.165, 1.54) is 19.3 Å². The third-order valence-corrected chi connectivity index (χ3v) is 2.33. The lowest BCUT2D eigenvalue weighted by molar-refractivity contribution is 0.351. The van der Waals surface area contributed by atoms with Crippen LogP contribution in [0.4, 0.5) is 8.78 Å². The van der Waals surface area contributed by atoms with Crippen LogP contribution < -0.4 is 0 Å². The molecule has 0 aromatic rings. The molecule has 0 unspecified atom stereocenters. The molecule has 11 heavy (non-hydrogen) atoms. The smallest absolute Gasteiger partial charge is 0.174 e. The van der Waals surface area contributed by atoms with Crippen LogP contribution in [0.1, 0.15) is 38.5 Å². The van der Waals surface area contributed by atoms with Crippen LogP contribution in [0.15, 0.2) is 12.2 Å². The summed E-state index contributed by atoms with van der Waals surface area (Å²) in [6.45, 7) is 0. The van der Waals surface area contributed by atoms with Crippen LogP contribution in [0.2, 0.25) is 0 Å².